The highest BCUT2D eigenvalue weighted by Gasteiger charge is 2.75. The highest BCUT2D eigenvalue weighted by Crippen LogP contribution is 2.56. The summed E-state index contributed by atoms with van der Waals surface area (Å²) in [6.07, 6.45) is -17.1. The largest absolute Gasteiger partial charge is 0.437 e. The third kappa shape index (κ3) is 5.34. The third-order valence-corrected chi connectivity index (χ3v) is 11.5. The quantitative estimate of drug-likeness (QED) is 0.353. The molecule has 18 heteroatoms. The van der Waals surface area contributed by atoms with E-state index in [0.717, 1.165) is 34.1 Å². The average molecular weight is 702 g/mol. The van der Waals surface area contributed by atoms with Crippen molar-refractivity contribution in [2.24, 2.45) is 0 Å². The van der Waals surface area contributed by atoms with Crippen molar-refractivity contribution in [3.05, 3.63) is 59.2 Å². The predicted molar refractivity (Wildman–Crippen MR) is 144 cm³/mol. The van der Waals surface area contributed by atoms with Crippen LogP contribution in [0.4, 0.5) is 39.5 Å². The molecule has 1 N–H and O–H groups in total. The highest BCUT2D eigenvalue weighted by molar-refractivity contribution is 7.92. The van der Waals surface area contributed by atoms with Gasteiger partial charge in [0.2, 0.25) is 5.91 Å². The number of benzene rings is 1. The second kappa shape index (κ2) is 11.1. The van der Waals surface area contributed by atoms with Crippen LogP contribution in [0, 0.1) is 5.82 Å². The van der Waals surface area contributed by atoms with Crippen molar-refractivity contribution in [2.75, 3.05) is 13.1 Å². The molecular formula is C29H28F9N3O5S. The molecule has 47 heavy (non-hydrogen) atoms. The van der Waals surface area contributed by atoms with Gasteiger partial charge in [0, 0.05) is 25.2 Å². The summed E-state index contributed by atoms with van der Waals surface area (Å²) in [5, 5.41) is 10.3. The van der Waals surface area contributed by atoms with Gasteiger partial charge in [-0.15, -0.1) is 0 Å². The summed E-state index contributed by atoms with van der Waals surface area (Å²) in [6.45, 7) is 1.79. The number of likely N-dealkylation sites (tertiary alicyclic amines) is 2. The monoisotopic (exact) mass is 701 g/mol. The first-order valence-corrected chi connectivity index (χ1v) is 15.8. The van der Waals surface area contributed by atoms with Crippen LogP contribution >= 0.6 is 0 Å². The van der Waals surface area contributed by atoms with Gasteiger partial charge in [0.1, 0.15) is 16.6 Å². The van der Waals surface area contributed by atoms with Crippen molar-refractivity contribution in [1.82, 2.24) is 14.8 Å². The Morgan fingerprint density at radius 2 is 1.62 bits per heavy atom. The number of aliphatic hydroxyl groups is 1. The van der Waals surface area contributed by atoms with Crippen LogP contribution in [-0.4, -0.2) is 89.4 Å². The predicted octanol–water partition coefficient (Wildman–Crippen LogP) is 4.44. The minimum atomic E-state index is -6.49. The Labute approximate surface area is 262 Å². The van der Waals surface area contributed by atoms with Crippen LogP contribution in [0.3, 0.4) is 0 Å². The van der Waals surface area contributed by atoms with Gasteiger partial charge in [0.25, 0.3) is 5.91 Å². The minimum absolute atomic E-state index is 0.100. The molecule has 0 spiro atoms. The number of amides is 2. The number of aromatic nitrogens is 1. The molecule has 0 saturated carbocycles. The first kappa shape index (κ1) is 34.9. The number of β-amino-alcohol motifs (C(OH)–C–C–N with tert-alkyl or cyclic N) is 1. The van der Waals surface area contributed by atoms with Crippen molar-refractivity contribution >= 4 is 21.7 Å². The van der Waals surface area contributed by atoms with Crippen molar-refractivity contribution in [3.63, 3.8) is 0 Å². The van der Waals surface area contributed by atoms with Gasteiger partial charge in [-0.1, -0.05) is 6.07 Å². The molecule has 3 heterocycles. The van der Waals surface area contributed by atoms with E-state index >= 15 is 0 Å². The molecule has 258 valence electrons. The van der Waals surface area contributed by atoms with Crippen LogP contribution in [0.2, 0.25) is 0 Å². The van der Waals surface area contributed by atoms with Crippen molar-refractivity contribution in [1.29, 1.82) is 0 Å². The van der Waals surface area contributed by atoms with Gasteiger partial charge in [0.15, 0.2) is 16.0 Å². The van der Waals surface area contributed by atoms with Gasteiger partial charge < -0.3 is 14.9 Å². The highest BCUT2D eigenvalue weighted by atomic mass is 32.2. The van der Waals surface area contributed by atoms with Crippen LogP contribution in [0.5, 0.6) is 0 Å². The molecule has 2 amide bonds. The summed E-state index contributed by atoms with van der Waals surface area (Å²) < 4.78 is 151. The van der Waals surface area contributed by atoms with E-state index in [1.807, 2.05) is 0 Å². The minimum Gasteiger partial charge on any atom is -0.389 e. The Balaban J connectivity index is 1.66. The van der Waals surface area contributed by atoms with E-state index in [1.165, 1.54) is 13.8 Å². The normalized spacial score (nSPS) is 25.6. The van der Waals surface area contributed by atoms with E-state index in [9.17, 15) is 62.6 Å². The second-order valence-corrected chi connectivity index (χ2v) is 14.7. The molecular weight excluding hydrogens is 673 g/mol. The van der Waals surface area contributed by atoms with Gasteiger partial charge in [-0.05, 0) is 69.0 Å². The van der Waals surface area contributed by atoms with Gasteiger partial charge in [-0.2, -0.15) is 26.3 Å². The Morgan fingerprint density at radius 1 is 1.02 bits per heavy atom. The van der Waals surface area contributed by atoms with E-state index < -0.39 is 123 Å². The Kier molecular flexibility index (Phi) is 8.22. The Morgan fingerprint density at radius 3 is 2.17 bits per heavy atom. The van der Waals surface area contributed by atoms with Crippen molar-refractivity contribution in [3.8, 4) is 0 Å². The number of sulfone groups is 1. The molecule has 2 aliphatic heterocycles. The van der Waals surface area contributed by atoms with Gasteiger partial charge in [0.05, 0.1) is 22.2 Å². The van der Waals surface area contributed by atoms with Crippen LogP contribution in [0.15, 0.2) is 41.3 Å². The number of hydrogen-bond donors (Lipinski definition) is 1. The average Bonchev–Trinajstić information content (AvgIpc) is 3.49. The maximum Gasteiger partial charge on any atom is 0.437 e. The SMILES string of the molecule is CC(C)(O)CN1C(=O)[C@H](F)C[C@@H]1C(=O)N1CCC2(S(=O)(=O)c3ccc(F)cc3)c3ccc(C(F)(C(F)(F)F)C(F)(F)F)nc3CCC12. The number of fused-ring (bicyclic) bond motifs is 3. The zero-order chi connectivity index (χ0) is 35.1. The number of pyridine rings is 1. The number of carbonyl (C=O) groups is 2. The molecule has 5 rings (SSSR count). The fraction of sp³-hybridized carbons (Fsp3) is 0.552. The van der Waals surface area contributed by atoms with Gasteiger partial charge in [-0.25, -0.2) is 21.6 Å². The third-order valence-electron chi connectivity index (χ3n) is 8.94. The molecule has 1 aromatic heterocycles. The molecule has 2 saturated heterocycles. The molecule has 0 bridgehead atoms. The molecule has 4 atom stereocenters. The summed E-state index contributed by atoms with van der Waals surface area (Å²) in [5.41, 5.74) is -10.5. The first-order valence-electron chi connectivity index (χ1n) is 14.3. The van der Waals surface area contributed by atoms with E-state index in [0.29, 0.717) is 6.07 Å². The van der Waals surface area contributed by atoms with Gasteiger partial charge >= 0.3 is 18.0 Å². The van der Waals surface area contributed by atoms with Crippen LogP contribution in [0.25, 0.3) is 0 Å². The number of nitrogens with zero attached hydrogens (tertiary/aromatic N) is 3. The first-order chi connectivity index (χ1) is 21.5. The smallest absolute Gasteiger partial charge is 0.389 e. The fourth-order valence-corrected chi connectivity index (χ4v) is 9.25. The Hall–Kier alpha value is -3.41. The summed E-state index contributed by atoms with van der Waals surface area (Å²) in [7, 11) is -4.78. The lowest BCUT2D eigenvalue weighted by molar-refractivity contribution is -0.350. The lowest BCUT2D eigenvalue weighted by atomic mass is 9.80. The molecule has 0 radical (unpaired) electrons. The summed E-state index contributed by atoms with van der Waals surface area (Å²) in [5.74, 6) is -2.80. The maximum atomic E-state index is 15.0. The Bertz CT molecular complexity index is 1680. The number of hydrogen-bond acceptors (Lipinski definition) is 6. The lowest BCUT2D eigenvalue weighted by Gasteiger charge is -2.43. The zero-order valence-electron chi connectivity index (χ0n) is 24.7. The van der Waals surface area contributed by atoms with Gasteiger partial charge in [-0.3, -0.25) is 14.6 Å². The van der Waals surface area contributed by atoms with E-state index in [4.69, 9.17) is 0 Å². The molecule has 2 aromatic rings. The van der Waals surface area contributed by atoms with Crippen molar-refractivity contribution in [2.45, 2.75) is 91.1 Å². The molecule has 1 aromatic carbocycles. The molecule has 3 aliphatic rings. The second-order valence-electron chi connectivity index (χ2n) is 12.5. The summed E-state index contributed by atoms with van der Waals surface area (Å²) in [6, 6.07) is 1.28. The molecule has 2 unspecified atom stereocenters. The topological polar surface area (TPSA) is 108 Å². The van der Waals surface area contributed by atoms with Crippen LogP contribution in [-0.2, 0) is 36.3 Å². The molecule has 8 nitrogen and oxygen atoms in total. The fourth-order valence-electron chi connectivity index (χ4n) is 6.89. The molecule has 1 aliphatic carbocycles. The number of halogens is 9. The van der Waals surface area contributed by atoms with E-state index in [1.54, 1.807) is 0 Å². The van der Waals surface area contributed by atoms with Crippen molar-refractivity contribution < 1.29 is 62.6 Å². The maximum absolute atomic E-state index is 15.0. The van der Waals surface area contributed by atoms with E-state index in [-0.39, 0.29) is 18.2 Å². The van der Waals surface area contributed by atoms with Crippen LogP contribution < -0.4 is 0 Å². The number of aryl methyl sites for hydroxylation is 1. The zero-order valence-corrected chi connectivity index (χ0v) is 25.5. The lowest BCUT2D eigenvalue weighted by Crippen LogP contribution is -2.56. The number of alkyl halides is 8. The number of rotatable bonds is 6. The van der Waals surface area contributed by atoms with Crippen LogP contribution in [0.1, 0.15) is 50.1 Å². The summed E-state index contributed by atoms with van der Waals surface area (Å²) >= 11 is 0. The summed E-state index contributed by atoms with van der Waals surface area (Å²) in [4.78, 5) is 31.4. The standard InChI is InChI=1S/C29H28F9N3O5S/c1-25(2,44)14-41-20(13-18(31)23(41)42)24(43)40-12-11-26(47(45,46)16-5-3-15(30)4-6-16)17-7-9-21(39-19(17)8-10-22(26)40)27(32,28(33,34)35)29(36,37)38/h3-7,9,18,20,22,44H,8,10-14H2,1-2H3/t18-,20-,22?,26?/m1/s1. The number of carbonyl (C=O) groups excluding carboxylic acids is 2. The molecule has 2 fully saturated rings. The van der Waals surface area contributed by atoms with E-state index in [2.05, 4.69) is 4.98 Å².